The molecule has 2 heterocycles. The van der Waals surface area contributed by atoms with Crippen molar-refractivity contribution in [2.45, 2.75) is 15.1 Å². The number of pyridine rings is 1. The van der Waals surface area contributed by atoms with Gasteiger partial charge in [-0.2, -0.15) is 0 Å². The lowest BCUT2D eigenvalue weighted by atomic mass is 10.3. The molecule has 4 rings (SSSR count). The minimum absolute atomic E-state index is 0.166. The van der Waals surface area contributed by atoms with E-state index in [1.165, 1.54) is 23.5 Å². The Morgan fingerprint density at radius 3 is 2.72 bits per heavy atom. The summed E-state index contributed by atoms with van der Waals surface area (Å²) in [5.41, 5.74) is 1.51. The number of nitrogens with zero attached hydrogens (tertiary/aromatic N) is 4. The Hall–Kier alpha value is -3.01. The van der Waals surface area contributed by atoms with Crippen LogP contribution >= 0.6 is 35.1 Å². The molecule has 7 nitrogen and oxygen atoms in total. The zero-order chi connectivity index (χ0) is 22.3. The molecule has 0 radical (unpaired) electrons. The van der Waals surface area contributed by atoms with Gasteiger partial charge in [0.1, 0.15) is 17.1 Å². The van der Waals surface area contributed by atoms with Gasteiger partial charge >= 0.3 is 0 Å². The highest BCUT2D eigenvalue weighted by molar-refractivity contribution is 7.99. The summed E-state index contributed by atoms with van der Waals surface area (Å²) in [6, 6.07) is 18.6. The van der Waals surface area contributed by atoms with Crippen molar-refractivity contribution < 1.29 is 9.53 Å². The SMILES string of the molecule is COc1ccc(-n2cnnc2SCC(=O)Nc2ccc(Sc3ccccn3)c(Cl)c2)cc1. The number of carbonyl (C=O) groups excluding carboxylic acids is 1. The molecule has 10 heteroatoms. The number of anilines is 1. The number of nitrogens with one attached hydrogen (secondary N) is 1. The highest BCUT2D eigenvalue weighted by Crippen LogP contribution is 2.33. The van der Waals surface area contributed by atoms with E-state index >= 15 is 0 Å². The van der Waals surface area contributed by atoms with Crippen molar-refractivity contribution in [1.29, 1.82) is 0 Å². The number of hydrogen-bond donors (Lipinski definition) is 1. The molecule has 2 aromatic heterocycles. The molecule has 0 saturated heterocycles. The Labute approximate surface area is 198 Å². The number of thioether (sulfide) groups is 1. The van der Waals surface area contributed by atoms with Crippen LogP contribution in [-0.2, 0) is 4.79 Å². The molecule has 0 spiro atoms. The first-order chi connectivity index (χ1) is 15.6. The van der Waals surface area contributed by atoms with Gasteiger partial charge in [-0.1, -0.05) is 41.2 Å². The number of hydrogen-bond acceptors (Lipinski definition) is 7. The number of ether oxygens (including phenoxy) is 1. The van der Waals surface area contributed by atoms with E-state index < -0.39 is 0 Å². The van der Waals surface area contributed by atoms with E-state index in [1.54, 1.807) is 25.7 Å². The molecule has 0 aliphatic heterocycles. The van der Waals surface area contributed by atoms with Crippen molar-refractivity contribution in [2.75, 3.05) is 18.2 Å². The average molecular weight is 484 g/mol. The molecule has 0 fully saturated rings. The normalized spacial score (nSPS) is 10.7. The highest BCUT2D eigenvalue weighted by atomic mass is 35.5. The molecule has 0 atom stereocenters. The maximum Gasteiger partial charge on any atom is 0.234 e. The standard InChI is InChI=1S/C22H18ClN5O2S2/c1-30-17-8-6-16(7-9-17)28-14-25-27-22(28)31-13-20(29)26-15-5-10-19(18(23)12-15)32-21-4-2-3-11-24-21/h2-12,14H,13H2,1H3,(H,26,29). The van der Waals surface area contributed by atoms with Gasteiger partial charge in [0.15, 0.2) is 5.16 Å². The summed E-state index contributed by atoms with van der Waals surface area (Å²) in [5, 5.41) is 13.0. The van der Waals surface area contributed by atoms with Crippen molar-refractivity contribution in [3.8, 4) is 11.4 Å². The summed E-state index contributed by atoms with van der Waals surface area (Å²) in [5.74, 6) is 0.774. The smallest absolute Gasteiger partial charge is 0.234 e. The summed E-state index contributed by atoms with van der Waals surface area (Å²) in [4.78, 5) is 17.6. The van der Waals surface area contributed by atoms with Crippen molar-refractivity contribution >= 4 is 46.7 Å². The summed E-state index contributed by atoms with van der Waals surface area (Å²) in [6.07, 6.45) is 3.34. The van der Waals surface area contributed by atoms with Gasteiger partial charge in [0.2, 0.25) is 5.91 Å². The number of benzene rings is 2. The molecule has 0 aliphatic carbocycles. The molecular formula is C22H18ClN5O2S2. The molecule has 0 unspecified atom stereocenters. The van der Waals surface area contributed by atoms with Crippen LogP contribution in [0.25, 0.3) is 5.69 Å². The van der Waals surface area contributed by atoms with Gasteiger partial charge in [-0.3, -0.25) is 9.36 Å². The lowest BCUT2D eigenvalue weighted by Gasteiger charge is -2.09. The van der Waals surface area contributed by atoms with Crippen LogP contribution in [0.5, 0.6) is 5.75 Å². The van der Waals surface area contributed by atoms with Gasteiger partial charge in [0.05, 0.1) is 17.9 Å². The lowest BCUT2D eigenvalue weighted by molar-refractivity contribution is -0.113. The van der Waals surface area contributed by atoms with Gasteiger partial charge in [-0.15, -0.1) is 10.2 Å². The number of carbonyl (C=O) groups is 1. The zero-order valence-corrected chi connectivity index (χ0v) is 19.3. The first-order valence-corrected chi connectivity index (χ1v) is 11.7. The average Bonchev–Trinajstić information content (AvgIpc) is 3.29. The van der Waals surface area contributed by atoms with Crippen LogP contribution in [0.4, 0.5) is 5.69 Å². The van der Waals surface area contributed by atoms with Crippen molar-refractivity contribution in [3.63, 3.8) is 0 Å². The highest BCUT2D eigenvalue weighted by Gasteiger charge is 2.12. The molecule has 1 N–H and O–H groups in total. The second kappa shape index (κ2) is 10.5. The van der Waals surface area contributed by atoms with Crippen LogP contribution in [-0.4, -0.2) is 38.5 Å². The first-order valence-electron chi connectivity index (χ1n) is 9.48. The fourth-order valence-electron chi connectivity index (χ4n) is 2.75. The molecule has 32 heavy (non-hydrogen) atoms. The van der Waals surface area contributed by atoms with Gasteiger partial charge in [0.25, 0.3) is 0 Å². The van der Waals surface area contributed by atoms with E-state index in [2.05, 4.69) is 20.5 Å². The molecule has 162 valence electrons. The Kier molecular flexibility index (Phi) is 7.31. The maximum atomic E-state index is 12.5. The molecule has 1 amide bonds. The molecule has 0 bridgehead atoms. The third-order valence-electron chi connectivity index (χ3n) is 4.27. The van der Waals surface area contributed by atoms with Crippen LogP contribution in [0.3, 0.4) is 0 Å². The minimum Gasteiger partial charge on any atom is -0.497 e. The van der Waals surface area contributed by atoms with E-state index in [0.29, 0.717) is 15.9 Å². The van der Waals surface area contributed by atoms with Gasteiger partial charge in [-0.05, 0) is 54.6 Å². The van der Waals surface area contributed by atoms with Crippen LogP contribution < -0.4 is 10.1 Å². The van der Waals surface area contributed by atoms with Crippen LogP contribution in [0.2, 0.25) is 5.02 Å². The van der Waals surface area contributed by atoms with E-state index in [4.69, 9.17) is 16.3 Å². The van der Waals surface area contributed by atoms with E-state index in [-0.39, 0.29) is 11.7 Å². The number of methoxy groups -OCH3 is 1. The Balaban J connectivity index is 1.35. The second-order valence-corrected chi connectivity index (χ2v) is 8.85. The van der Waals surface area contributed by atoms with Crippen molar-refractivity contribution in [1.82, 2.24) is 19.7 Å². The number of halogens is 1. The minimum atomic E-state index is -0.166. The van der Waals surface area contributed by atoms with Crippen molar-refractivity contribution in [2.24, 2.45) is 0 Å². The van der Waals surface area contributed by atoms with Crippen LogP contribution in [0.1, 0.15) is 0 Å². The predicted octanol–water partition coefficient (Wildman–Crippen LogP) is 5.21. The zero-order valence-electron chi connectivity index (χ0n) is 16.9. The van der Waals surface area contributed by atoms with E-state index in [0.717, 1.165) is 21.4 Å². The first kappa shape index (κ1) is 22.2. The van der Waals surface area contributed by atoms with E-state index in [9.17, 15) is 4.79 Å². The summed E-state index contributed by atoms with van der Waals surface area (Å²) in [6.45, 7) is 0. The molecule has 0 aliphatic rings. The Bertz CT molecular complexity index is 1200. The number of rotatable bonds is 8. The summed E-state index contributed by atoms with van der Waals surface area (Å²) < 4.78 is 7.00. The number of aromatic nitrogens is 4. The topological polar surface area (TPSA) is 81.9 Å². The van der Waals surface area contributed by atoms with Gasteiger partial charge in [0, 0.05) is 22.5 Å². The summed E-state index contributed by atoms with van der Waals surface area (Å²) in [7, 11) is 1.62. The third kappa shape index (κ3) is 5.61. The predicted molar refractivity (Wildman–Crippen MR) is 127 cm³/mol. The molecule has 0 saturated carbocycles. The Morgan fingerprint density at radius 1 is 1.16 bits per heavy atom. The molecular weight excluding hydrogens is 466 g/mol. The fraction of sp³-hybridized carbons (Fsp3) is 0.0909. The second-order valence-electron chi connectivity index (χ2n) is 6.43. The lowest BCUT2D eigenvalue weighted by Crippen LogP contribution is -2.14. The maximum absolute atomic E-state index is 12.5. The van der Waals surface area contributed by atoms with Gasteiger partial charge < -0.3 is 10.1 Å². The fourth-order valence-corrected chi connectivity index (χ4v) is 4.55. The number of amides is 1. The molecule has 4 aromatic rings. The largest absolute Gasteiger partial charge is 0.497 e. The summed E-state index contributed by atoms with van der Waals surface area (Å²) >= 11 is 9.16. The van der Waals surface area contributed by atoms with Crippen molar-refractivity contribution in [3.05, 3.63) is 78.2 Å². The Morgan fingerprint density at radius 2 is 2.00 bits per heavy atom. The monoisotopic (exact) mass is 483 g/mol. The molecule has 2 aromatic carbocycles. The quantitative estimate of drug-likeness (QED) is 0.344. The van der Waals surface area contributed by atoms with E-state index in [1.807, 2.05) is 59.2 Å². The van der Waals surface area contributed by atoms with Crippen LogP contribution in [0, 0.1) is 0 Å². The third-order valence-corrected chi connectivity index (χ3v) is 6.66. The van der Waals surface area contributed by atoms with Crippen LogP contribution in [0.15, 0.2) is 88.3 Å². The van der Waals surface area contributed by atoms with Gasteiger partial charge in [-0.25, -0.2) is 4.98 Å².